The average Bonchev–Trinajstić information content (AvgIpc) is 3.67. The summed E-state index contributed by atoms with van der Waals surface area (Å²) in [6, 6.07) is 10.1. The molecule has 1 aromatic carbocycles. The number of rotatable bonds is 6. The Hall–Kier alpha value is -2.73. The molecule has 0 aliphatic heterocycles. The zero-order valence-corrected chi connectivity index (χ0v) is 29.7. The van der Waals surface area contributed by atoms with E-state index in [1.165, 1.54) is 31.3 Å². The van der Waals surface area contributed by atoms with E-state index in [-0.39, 0.29) is 46.3 Å². The topological polar surface area (TPSA) is 77.2 Å². The molecule has 0 bridgehead atoms. The summed E-state index contributed by atoms with van der Waals surface area (Å²) in [5.41, 5.74) is 3.09. The van der Waals surface area contributed by atoms with Gasteiger partial charge >= 0.3 is 5.97 Å². The Morgan fingerprint density at radius 3 is 2.47 bits per heavy atom. The van der Waals surface area contributed by atoms with Gasteiger partial charge in [-0.1, -0.05) is 82.3 Å². The lowest BCUT2D eigenvalue weighted by Gasteiger charge is -2.72. The van der Waals surface area contributed by atoms with E-state index in [1.807, 2.05) is 48.8 Å². The average molecular weight is 640 g/mol. The summed E-state index contributed by atoms with van der Waals surface area (Å²) in [6.07, 6.45) is 16.2. The highest BCUT2D eigenvalue weighted by Gasteiger charge is 2.72. The Kier molecular flexibility index (Phi) is 7.97. The summed E-state index contributed by atoms with van der Waals surface area (Å²) in [4.78, 5) is 14.4. The van der Waals surface area contributed by atoms with E-state index in [0.717, 1.165) is 44.1 Å². The molecule has 0 saturated heterocycles. The number of aromatic nitrogens is 3. The normalized spacial score (nSPS) is 42.2. The molecule has 7 rings (SSSR count). The highest BCUT2D eigenvalue weighted by atomic mass is 16.5. The highest BCUT2D eigenvalue weighted by molar-refractivity contribution is 5.78. The van der Waals surface area contributed by atoms with Crippen molar-refractivity contribution in [1.29, 1.82) is 0 Å². The maximum Gasteiger partial charge on any atom is 0.312 e. The first-order valence-electron chi connectivity index (χ1n) is 18.4. The van der Waals surface area contributed by atoms with Gasteiger partial charge in [0.1, 0.15) is 12.3 Å². The summed E-state index contributed by atoms with van der Waals surface area (Å²) in [5, 5.41) is 19.6. The van der Waals surface area contributed by atoms with Gasteiger partial charge in [0.2, 0.25) is 0 Å². The third kappa shape index (κ3) is 4.85. The van der Waals surface area contributed by atoms with Crippen LogP contribution in [0, 0.1) is 56.7 Å². The maximum atomic E-state index is 14.4. The van der Waals surface area contributed by atoms with Crippen LogP contribution in [0.1, 0.15) is 117 Å². The Balaban J connectivity index is 1.13. The van der Waals surface area contributed by atoms with Crippen LogP contribution in [-0.2, 0) is 16.1 Å². The van der Waals surface area contributed by atoms with Crippen molar-refractivity contribution >= 4 is 18.2 Å². The van der Waals surface area contributed by atoms with Crippen molar-refractivity contribution in [3.63, 3.8) is 0 Å². The molecular weight excluding hydrogens is 582 g/mol. The molecular formula is C41H57N3O3. The summed E-state index contributed by atoms with van der Waals surface area (Å²) in [6.45, 7) is 19.3. The third-order valence-corrected chi connectivity index (χ3v) is 15.6. The monoisotopic (exact) mass is 639 g/mol. The van der Waals surface area contributed by atoms with E-state index in [9.17, 15) is 9.90 Å². The van der Waals surface area contributed by atoms with Gasteiger partial charge in [-0.25, -0.2) is 4.68 Å². The molecule has 10 atom stereocenters. The summed E-state index contributed by atoms with van der Waals surface area (Å²) in [5.74, 6) is 2.26. The maximum absolute atomic E-state index is 14.4. The molecule has 1 aromatic heterocycles. The minimum atomic E-state index is -0.460. The van der Waals surface area contributed by atoms with E-state index < -0.39 is 5.41 Å². The molecule has 5 aliphatic rings. The number of hydrogen-bond donors (Lipinski definition) is 1. The molecule has 5 aliphatic carbocycles. The van der Waals surface area contributed by atoms with E-state index in [2.05, 4.69) is 58.4 Å². The summed E-state index contributed by atoms with van der Waals surface area (Å²) >= 11 is 0. The number of carbonyl (C=O) groups is 1. The molecule has 5 saturated carbocycles. The van der Waals surface area contributed by atoms with Gasteiger partial charge in [-0.05, 0) is 134 Å². The van der Waals surface area contributed by atoms with Crippen LogP contribution >= 0.6 is 0 Å². The van der Waals surface area contributed by atoms with Gasteiger partial charge < -0.3 is 9.84 Å². The molecule has 6 heteroatoms. The van der Waals surface area contributed by atoms with Gasteiger partial charge in [0, 0.05) is 6.20 Å². The number of hydrogen-bond acceptors (Lipinski definition) is 5. The minimum Gasteiger partial charge on any atom is -0.459 e. The Morgan fingerprint density at radius 1 is 0.957 bits per heavy atom. The number of allylic oxidation sites excluding steroid dienone is 1. The van der Waals surface area contributed by atoms with Crippen LogP contribution in [0.5, 0.6) is 0 Å². The zero-order chi connectivity index (χ0) is 33.4. The van der Waals surface area contributed by atoms with Gasteiger partial charge in [0.05, 0.1) is 17.7 Å². The second-order valence-electron chi connectivity index (χ2n) is 17.7. The van der Waals surface area contributed by atoms with Gasteiger partial charge in [-0.3, -0.25) is 4.79 Å². The van der Waals surface area contributed by atoms with Crippen molar-refractivity contribution in [2.75, 3.05) is 0 Å². The van der Waals surface area contributed by atoms with Crippen LogP contribution < -0.4 is 0 Å². The standard InChI is InChI=1S/C41H57N3O3/c1-27(2)30-15-21-41(36(46)47-26-29-25-44(43-42-29)24-18-28-11-9-8-10-12-28)23-22-39(6)31(35(30)41)13-14-33-38(5)19-17-34(45)37(3,4)32(38)16-20-40(33,39)7/h8-12,18,24-25,30-35,45H,1,13-17,19-23,26H2,2-7H3/b24-18+/t30-,31+,32-,33+,34-,35+,38-,39+,40+,41-/m0/s1. The van der Waals surface area contributed by atoms with Crippen molar-refractivity contribution in [2.24, 2.45) is 56.7 Å². The van der Waals surface area contributed by atoms with Gasteiger partial charge in [-0.15, -0.1) is 5.10 Å². The summed E-state index contributed by atoms with van der Waals surface area (Å²) in [7, 11) is 0. The van der Waals surface area contributed by atoms with Crippen molar-refractivity contribution in [1.82, 2.24) is 15.0 Å². The van der Waals surface area contributed by atoms with Crippen molar-refractivity contribution < 1.29 is 14.6 Å². The highest BCUT2D eigenvalue weighted by Crippen LogP contribution is 2.77. The molecule has 0 amide bonds. The number of carbonyl (C=O) groups excluding carboxylic acids is 1. The molecule has 47 heavy (non-hydrogen) atoms. The van der Waals surface area contributed by atoms with Crippen molar-refractivity contribution in [3.05, 3.63) is 59.9 Å². The zero-order valence-electron chi connectivity index (χ0n) is 29.7. The predicted molar refractivity (Wildman–Crippen MR) is 186 cm³/mol. The lowest BCUT2D eigenvalue weighted by Crippen LogP contribution is -2.67. The first-order chi connectivity index (χ1) is 22.3. The molecule has 0 unspecified atom stereocenters. The van der Waals surface area contributed by atoms with Crippen LogP contribution in [0.3, 0.4) is 0 Å². The number of ether oxygens (including phenoxy) is 1. The summed E-state index contributed by atoms with van der Waals surface area (Å²) < 4.78 is 7.89. The predicted octanol–water partition coefficient (Wildman–Crippen LogP) is 8.97. The van der Waals surface area contributed by atoms with E-state index in [0.29, 0.717) is 29.4 Å². The van der Waals surface area contributed by atoms with Crippen LogP contribution in [0.4, 0.5) is 0 Å². The van der Waals surface area contributed by atoms with Gasteiger partial charge in [-0.2, -0.15) is 0 Å². The largest absolute Gasteiger partial charge is 0.459 e. The lowest BCUT2D eigenvalue weighted by atomic mass is 9.32. The molecule has 1 heterocycles. The van der Waals surface area contributed by atoms with Crippen LogP contribution in [0.25, 0.3) is 12.3 Å². The number of esters is 1. The Labute approximate surface area is 282 Å². The number of benzene rings is 1. The second kappa shape index (κ2) is 11.4. The fourth-order valence-corrected chi connectivity index (χ4v) is 12.9. The molecule has 0 radical (unpaired) electrons. The first kappa shape index (κ1) is 32.8. The Bertz CT molecular complexity index is 1550. The van der Waals surface area contributed by atoms with E-state index >= 15 is 0 Å². The molecule has 1 N–H and O–H groups in total. The quantitative estimate of drug-likeness (QED) is 0.252. The van der Waals surface area contributed by atoms with E-state index in [1.54, 1.807) is 4.68 Å². The number of fused-ring (bicyclic) bond motifs is 7. The number of aliphatic hydroxyl groups is 1. The lowest BCUT2D eigenvalue weighted by molar-refractivity contribution is -0.248. The smallest absolute Gasteiger partial charge is 0.312 e. The fraction of sp³-hybridized carbons (Fsp3) is 0.683. The Morgan fingerprint density at radius 2 is 1.72 bits per heavy atom. The number of nitrogens with zero attached hydrogens (tertiary/aromatic N) is 3. The molecule has 6 nitrogen and oxygen atoms in total. The van der Waals surface area contributed by atoms with Crippen LogP contribution in [-0.4, -0.2) is 32.2 Å². The minimum absolute atomic E-state index is 0.0337. The molecule has 0 spiro atoms. The van der Waals surface area contributed by atoms with Crippen molar-refractivity contribution in [2.45, 2.75) is 118 Å². The SMILES string of the molecule is C=C(C)[C@@H]1CC[C@]2(C(=O)OCc3cn(/C=C/c4ccccc4)nn3)CC[C@]3(C)[C@H](CC[C@@H]4[C@@]5(C)CC[C@H](O)C(C)(C)[C@@H]5CC[C@]43C)[C@@H]12. The first-order valence-corrected chi connectivity index (χ1v) is 18.4. The molecule has 5 fully saturated rings. The third-order valence-electron chi connectivity index (χ3n) is 15.6. The van der Waals surface area contributed by atoms with Crippen molar-refractivity contribution in [3.8, 4) is 0 Å². The fourth-order valence-electron chi connectivity index (χ4n) is 12.9. The van der Waals surface area contributed by atoms with Gasteiger partial charge in [0.25, 0.3) is 0 Å². The van der Waals surface area contributed by atoms with E-state index in [4.69, 9.17) is 4.74 Å². The van der Waals surface area contributed by atoms with Crippen LogP contribution in [0.2, 0.25) is 0 Å². The number of aliphatic hydroxyl groups excluding tert-OH is 1. The second-order valence-corrected chi connectivity index (χ2v) is 17.7. The van der Waals surface area contributed by atoms with Crippen LogP contribution in [0.15, 0.2) is 48.7 Å². The van der Waals surface area contributed by atoms with Gasteiger partial charge in [0.15, 0.2) is 0 Å². The molecule has 2 aromatic rings. The molecule has 254 valence electrons.